The fourth-order valence-electron chi connectivity index (χ4n) is 2.71. The van der Waals surface area contributed by atoms with Gasteiger partial charge in [0.15, 0.2) is 0 Å². The molecule has 2 aromatic rings. The molecule has 22 heavy (non-hydrogen) atoms. The van der Waals surface area contributed by atoms with Gasteiger partial charge >= 0.3 is 0 Å². The van der Waals surface area contributed by atoms with Crippen LogP contribution in [0.4, 0.5) is 0 Å². The van der Waals surface area contributed by atoms with Crippen LogP contribution >= 0.6 is 0 Å². The van der Waals surface area contributed by atoms with E-state index in [1.54, 1.807) is 25.1 Å². The van der Waals surface area contributed by atoms with Gasteiger partial charge in [-0.1, -0.05) is 0 Å². The number of piperidine rings is 1. The van der Waals surface area contributed by atoms with E-state index in [-0.39, 0.29) is 17.9 Å². The zero-order chi connectivity index (χ0) is 15.9. The van der Waals surface area contributed by atoms with Gasteiger partial charge in [-0.25, -0.2) is 4.98 Å². The van der Waals surface area contributed by atoms with E-state index >= 15 is 0 Å². The highest BCUT2D eigenvalue weighted by Crippen LogP contribution is 2.21. The maximum absolute atomic E-state index is 12.7. The Morgan fingerprint density at radius 3 is 2.77 bits per heavy atom. The van der Waals surface area contributed by atoms with Crippen molar-refractivity contribution in [2.24, 2.45) is 0 Å². The fraction of sp³-hybridized carbons (Fsp3) is 0.333. The molecule has 7 nitrogen and oxygen atoms in total. The number of nitrogens with zero attached hydrogens (tertiary/aromatic N) is 2. The second kappa shape index (κ2) is 5.25. The topological polar surface area (TPSA) is 90.3 Å². The predicted octanol–water partition coefficient (Wildman–Crippen LogP) is 0.691. The Bertz CT molecular complexity index is 841. The van der Waals surface area contributed by atoms with Crippen LogP contribution in [-0.4, -0.2) is 28.5 Å². The number of carbonyl (C=O) groups excluding carboxylic acids is 2. The van der Waals surface area contributed by atoms with Crippen LogP contribution in [0.15, 0.2) is 23.0 Å². The molecule has 1 saturated heterocycles. The summed E-state index contributed by atoms with van der Waals surface area (Å²) in [5.74, 6) is 0.204. The third-order valence-electron chi connectivity index (χ3n) is 3.81. The van der Waals surface area contributed by atoms with Crippen LogP contribution in [0, 0.1) is 6.92 Å². The standard InChI is InChI=1S/C15H15N3O4/c1-8-16-11-4-3-9(22-2)7-10(11)15(21)18(8)12-5-6-13(19)17-14(12)20/h3-4,7,12H,5-6H2,1-2H3,(H,17,19,20). The largest absolute Gasteiger partial charge is 0.497 e. The molecular weight excluding hydrogens is 286 g/mol. The molecule has 0 saturated carbocycles. The summed E-state index contributed by atoms with van der Waals surface area (Å²) in [7, 11) is 1.52. The van der Waals surface area contributed by atoms with Gasteiger partial charge in [-0.3, -0.25) is 24.3 Å². The fourth-order valence-corrected chi connectivity index (χ4v) is 2.71. The Morgan fingerprint density at radius 1 is 1.32 bits per heavy atom. The molecule has 2 amide bonds. The van der Waals surface area contributed by atoms with E-state index in [0.717, 1.165) is 0 Å². The van der Waals surface area contributed by atoms with Crippen molar-refractivity contribution in [2.45, 2.75) is 25.8 Å². The van der Waals surface area contributed by atoms with Crippen molar-refractivity contribution in [1.29, 1.82) is 0 Å². The van der Waals surface area contributed by atoms with Gasteiger partial charge in [-0.05, 0) is 31.5 Å². The molecule has 2 heterocycles. The van der Waals surface area contributed by atoms with Gasteiger partial charge < -0.3 is 4.74 Å². The van der Waals surface area contributed by atoms with Crippen LogP contribution in [0.5, 0.6) is 5.75 Å². The first kappa shape index (κ1) is 14.2. The number of benzene rings is 1. The second-order valence-corrected chi connectivity index (χ2v) is 5.18. The zero-order valence-electron chi connectivity index (χ0n) is 12.3. The van der Waals surface area contributed by atoms with E-state index in [2.05, 4.69) is 10.3 Å². The highest BCUT2D eigenvalue weighted by atomic mass is 16.5. The highest BCUT2D eigenvalue weighted by Gasteiger charge is 2.30. The number of imide groups is 1. The lowest BCUT2D eigenvalue weighted by atomic mass is 10.1. The normalized spacial score (nSPS) is 18.4. The highest BCUT2D eigenvalue weighted by molar-refractivity contribution is 5.99. The summed E-state index contributed by atoms with van der Waals surface area (Å²) < 4.78 is 6.48. The van der Waals surface area contributed by atoms with E-state index in [9.17, 15) is 14.4 Å². The van der Waals surface area contributed by atoms with Crippen molar-refractivity contribution in [1.82, 2.24) is 14.9 Å². The molecule has 1 N–H and O–H groups in total. The quantitative estimate of drug-likeness (QED) is 0.824. The summed E-state index contributed by atoms with van der Waals surface area (Å²) >= 11 is 0. The summed E-state index contributed by atoms with van der Waals surface area (Å²) in [5.41, 5.74) is 0.239. The Hall–Kier alpha value is -2.70. The van der Waals surface area contributed by atoms with Crippen LogP contribution < -0.4 is 15.6 Å². The van der Waals surface area contributed by atoms with Gasteiger partial charge in [0.05, 0.1) is 18.0 Å². The molecule has 0 radical (unpaired) electrons. The molecule has 114 valence electrons. The van der Waals surface area contributed by atoms with Crippen molar-refractivity contribution in [3.63, 3.8) is 0 Å². The van der Waals surface area contributed by atoms with Gasteiger partial charge in [-0.2, -0.15) is 0 Å². The van der Waals surface area contributed by atoms with Crippen LogP contribution in [-0.2, 0) is 9.59 Å². The summed E-state index contributed by atoms with van der Waals surface area (Å²) in [6.45, 7) is 1.68. The average molecular weight is 301 g/mol. The first-order valence-corrected chi connectivity index (χ1v) is 6.92. The number of aromatic nitrogens is 2. The molecular formula is C15H15N3O4. The Morgan fingerprint density at radius 2 is 2.09 bits per heavy atom. The summed E-state index contributed by atoms with van der Waals surface area (Å²) in [6, 6.07) is 4.32. The smallest absolute Gasteiger partial charge is 0.262 e. The van der Waals surface area contributed by atoms with Crippen molar-refractivity contribution in [2.75, 3.05) is 7.11 Å². The molecule has 0 bridgehead atoms. The minimum Gasteiger partial charge on any atom is -0.497 e. The van der Waals surface area contributed by atoms with Crippen molar-refractivity contribution in [3.8, 4) is 5.75 Å². The van der Waals surface area contributed by atoms with E-state index in [4.69, 9.17) is 4.74 Å². The summed E-state index contributed by atoms with van der Waals surface area (Å²) in [4.78, 5) is 40.4. The molecule has 0 spiro atoms. The Labute approximate surface area is 125 Å². The Balaban J connectivity index is 2.19. The minimum atomic E-state index is -0.715. The maximum Gasteiger partial charge on any atom is 0.262 e. The van der Waals surface area contributed by atoms with Gasteiger partial charge in [0, 0.05) is 6.42 Å². The van der Waals surface area contributed by atoms with E-state index in [1.165, 1.54) is 11.7 Å². The summed E-state index contributed by atoms with van der Waals surface area (Å²) in [6.07, 6.45) is 0.501. The van der Waals surface area contributed by atoms with Crippen molar-refractivity contribution < 1.29 is 14.3 Å². The maximum atomic E-state index is 12.7. The van der Waals surface area contributed by atoms with E-state index in [0.29, 0.717) is 28.9 Å². The molecule has 1 unspecified atom stereocenters. The number of hydrogen-bond acceptors (Lipinski definition) is 5. The molecule has 1 atom stereocenters. The summed E-state index contributed by atoms with van der Waals surface area (Å²) in [5, 5.41) is 2.65. The number of ether oxygens (including phenoxy) is 1. The lowest BCUT2D eigenvalue weighted by molar-refractivity contribution is -0.135. The molecule has 1 aliphatic heterocycles. The van der Waals surface area contributed by atoms with Gasteiger partial charge in [0.2, 0.25) is 11.8 Å². The molecule has 1 aromatic heterocycles. The average Bonchev–Trinajstić information content (AvgIpc) is 2.49. The first-order chi connectivity index (χ1) is 10.5. The van der Waals surface area contributed by atoms with Crippen molar-refractivity contribution >= 4 is 22.7 Å². The molecule has 7 heteroatoms. The molecule has 1 aromatic carbocycles. The number of methoxy groups -OCH3 is 1. The number of carbonyl (C=O) groups is 2. The third-order valence-corrected chi connectivity index (χ3v) is 3.81. The number of nitrogens with one attached hydrogen (secondary N) is 1. The first-order valence-electron chi connectivity index (χ1n) is 6.92. The van der Waals surface area contributed by atoms with E-state index < -0.39 is 11.9 Å². The van der Waals surface area contributed by atoms with Crippen molar-refractivity contribution in [3.05, 3.63) is 34.4 Å². The lowest BCUT2D eigenvalue weighted by Crippen LogP contribution is -2.45. The molecule has 0 aliphatic carbocycles. The number of aryl methyl sites for hydroxylation is 1. The van der Waals surface area contributed by atoms with Crippen LogP contribution in [0.3, 0.4) is 0 Å². The number of rotatable bonds is 2. The molecule has 1 fully saturated rings. The zero-order valence-corrected chi connectivity index (χ0v) is 12.3. The van der Waals surface area contributed by atoms with Gasteiger partial charge in [0.1, 0.15) is 17.6 Å². The number of fused-ring (bicyclic) bond motifs is 1. The number of hydrogen-bond donors (Lipinski definition) is 1. The predicted molar refractivity (Wildman–Crippen MR) is 78.7 cm³/mol. The van der Waals surface area contributed by atoms with Crippen LogP contribution in [0.25, 0.3) is 10.9 Å². The van der Waals surface area contributed by atoms with Gasteiger partial charge in [0.25, 0.3) is 5.56 Å². The Kier molecular flexibility index (Phi) is 3.40. The van der Waals surface area contributed by atoms with E-state index in [1.807, 2.05) is 0 Å². The number of amides is 2. The lowest BCUT2D eigenvalue weighted by Gasteiger charge is -2.24. The van der Waals surface area contributed by atoms with Gasteiger partial charge in [-0.15, -0.1) is 0 Å². The molecule has 1 aliphatic rings. The van der Waals surface area contributed by atoms with Crippen LogP contribution in [0.1, 0.15) is 24.7 Å². The third kappa shape index (κ3) is 2.24. The monoisotopic (exact) mass is 301 g/mol. The van der Waals surface area contributed by atoms with Crippen LogP contribution in [0.2, 0.25) is 0 Å². The second-order valence-electron chi connectivity index (χ2n) is 5.18. The minimum absolute atomic E-state index is 0.207. The SMILES string of the molecule is COc1ccc2nc(C)n(C3CCC(=O)NC3=O)c(=O)c2c1. The molecule has 3 rings (SSSR count).